The maximum absolute atomic E-state index is 12.4. The SMILES string of the molecule is C[C@@H](CCc1ccccc1)NC(=O)c1ccc(N2CCOCC2)cc1. The monoisotopic (exact) mass is 338 g/mol. The first-order valence-corrected chi connectivity index (χ1v) is 9.00. The number of carbonyl (C=O) groups excluding carboxylic acids is 1. The number of hydrogen-bond donors (Lipinski definition) is 1. The molecule has 0 spiro atoms. The van der Waals surface area contributed by atoms with Crippen LogP contribution in [0, 0.1) is 0 Å². The Hall–Kier alpha value is -2.33. The summed E-state index contributed by atoms with van der Waals surface area (Å²) in [6.45, 7) is 5.40. The molecule has 2 aromatic rings. The molecule has 25 heavy (non-hydrogen) atoms. The molecule has 4 nitrogen and oxygen atoms in total. The number of aryl methyl sites for hydroxylation is 1. The zero-order valence-electron chi connectivity index (χ0n) is 14.8. The number of anilines is 1. The molecule has 1 N–H and O–H groups in total. The van der Waals surface area contributed by atoms with Crippen molar-refractivity contribution in [1.82, 2.24) is 5.32 Å². The second-order valence-corrected chi connectivity index (χ2v) is 6.55. The summed E-state index contributed by atoms with van der Waals surface area (Å²) in [4.78, 5) is 14.7. The summed E-state index contributed by atoms with van der Waals surface area (Å²) in [5.41, 5.74) is 3.17. The second kappa shape index (κ2) is 8.67. The molecule has 0 aromatic heterocycles. The summed E-state index contributed by atoms with van der Waals surface area (Å²) < 4.78 is 5.38. The van der Waals surface area contributed by atoms with Crippen LogP contribution in [0.5, 0.6) is 0 Å². The summed E-state index contributed by atoms with van der Waals surface area (Å²) in [5, 5.41) is 3.09. The van der Waals surface area contributed by atoms with Gasteiger partial charge in [0.05, 0.1) is 13.2 Å². The highest BCUT2D eigenvalue weighted by Gasteiger charge is 2.13. The Balaban J connectivity index is 1.50. The van der Waals surface area contributed by atoms with E-state index in [9.17, 15) is 4.79 Å². The highest BCUT2D eigenvalue weighted by atomic mass is 16.5. The maximum Gasteiger partial charge on any atom is 0.251 e. The van der Waals surface area contributed by atoms with Crippen LogP contribution in [0.2, 0.25) is 0 Å². The molecular weight excluding hydrogens is 312 g/mol. The molecule has 1 heterocycles. The molecule has 0 aliphatic carbocycles. The van der Waals surface area contributed by atoms with Crippen molar-refractivity contribution in [3.8, 4) is 0 Å². The highest BCUT2D eigenvalue weighted by Crippen LogP contribution is 2.17. The van der Waals surface area contributed by atoms with Gasteiger partial charge in [0.2, 0.25) is 0 Å². The Morgan fingerprint density at radius 1 is 1.08 bits per heavy atom. The average Bonchev–Trinajstić information content (AvgIpc) is 2.68. The van der Waals surface area contributed by atoms with Crippen molar-refractivity contribution in [3.63, 3.8) is 0 Å². The molecule has 0 unspecified atom stereocenters. The number of morpholine rings is 1. The van der Waals surface area contributed by atoms with Crippen molar-refractivity contribution in [1.29, 1.82) is 0 Å². The van der Waals surface area contributed by atoms with Gasteiger partial charge in [0.15, 0.2) is 0 Å². The number of rotatable bonds is 6. The molecule has 1 saturated heterocycles. The predicted octanol–water partition coefficient (Wildman–Crippen LogP) is 3.27. The van der Waals surface area contributed by atoms with Crippen molar-refractivity contribution in [2.24, 2.45) is 0 Å². The van der Waals surface area contributed by atoms with Gasteiger partial charge in [-0.2, -0.15) is 0 Å². The lowest BCUT2D eigenvalue weighted by Gasteiger charge is -2.28. The number of nitrogens with zero attached hydrogens (tertiary/aromatic N) is 1. The Morgan fingerprint density at radius 3 is 2.44 bits per heavy atom. The van der Waals surface area contributed by atoms with Gasteiger partial charge in [0.1, 0.15) is 0 Å². The topological polar surface area (TPSA) is 41.6 Å². The van der Waals surface area contributed by atoms with Gasteiger partial charge in [0.25, 0.3) is 5.91 Å². The molecule has 3 rings (SSSR count). The molecule has 1 aliphatic rings. The van der Waals surface area contributed by atoms with Crippen LogP contribution in [0.4, 0.5) is 5.69 Å². The molecule has 0 radical (unpaired) electrons. The first-order chi connectivity index (χ1) is 12.2. The molecule has 0 saturated carbocycles. The number of amides is 1. The van der Waals surface area contributed by atoms with Gasteiger partial charge in [-0.25, -0.2) is 0 Å². The first kappa shape index (κ1) is 17.5. The van der Waals surface area contributed by atoms with E-state index >= 15 is 0 Å². The number of carbonyl (C=O) groups is 1. The van der Waals surface area contributed by atoms with E-state index in [-0.39, 0.29) is 11.9 Å². The van der Waals surface area contributed by atoms with Crippen LogP contribution in [0.1, 0.15) is 29.3 Å². The van der Waals surface area contributed by atoms with E-state index in [0.29, 0.717) is 5.56 Å². The van der Waals surface area contributed by atoms with Crippen LogP contribution in [-0.2, 0) is 11.2 Å². The molecule has 2 aromatic carbocycles. The van der Waals surface area contributed by atoms with Gasteiger partial charge < -0.3 is 15.0 Å². The van der Waals surface area contributed by atoms with Crippen LogP contribution < -0.4 is 10.2 Å². The lowest BCUT2D eigenvalue weighted by Crippen LogP contribution is -2.36. The lowest BCUT2D eigenvalue weighted by molar-refractivity contribution is 0.0938. The fourth-order valence-corrected chi connectivity index (χ4v) is 3.05. The van der Waals surface area contributed by atoms with E-state index in [2.05, 4.69) is 41.4 Å². The Morgan fingerprint density at radius 2 is 1.76 bits per heavy atom. The molecule has 1 fully saturated rings. The van der Waals surface area contributed by atoms with Crippen molar-refractivity contribution < 1.29 is 9.53 Å². The minimum Gasteiger partial charge on any atom is -0.378 e. The van der Waals surface area contributed by atoms with Gasteiger partial charge in [-0.3, -0.25) is 4.79 Å². The smallest absolute Gasteiger partial charge is 0.251 e. The third-order valence-corrected chi connectivity index (χ3v) is 4.59. The van der Waals surface area contributed by atoms with E-state index in [1.807, 2.05) is 30.3 Å². The minimum absolute atomic E-state index is 0.00547. The van der Waals surface area contributed by atoms with Crippen molar-refractivity contribution >= 4 is 11.6 Å². The van der Waals surface area contributed by atoms with Gasteiger partial charge in [-0.15, -0.1) is 0 Å². The summed E-state index contributed by atoms with van der Waals surface area (Å²) in [5.74, 6) is -0.00547. The predicted molar refractivity (Wildman–Crippen MR) is 101 cm³/mol. The standard InChI is InChI=1S/C21H26N2O2/c1-17(7-8-18-5-3-2-4-6-18)22-21(24)19-9-11-20(12-10-19)23-13-15-25-16-14-23/h2-6,9-12,17H,7-8,13-16H2,1H3,(H,22,24)/t17-/m0/s1. The molecule has 1 atom stereocenters. The Kier molecular flexibility index (Phi) is 6.07. The highest BCUT2D eigenvalue weighted by molar-refractivity contribution is 5.94. The Labute approximate surface area is 149 Å². The molecule has 0 bridgehead atoms. The van der Waals surface area contributed by atoms with Gasteiger partial charge >= 0.3 is 0 Å². The molecular formula is C21H26N2O2. The minimum atomic E-state index is -0.00547. The maximum atomic E-state index is 12.4. The lowest BCUT2D eigenvalue weighted by atomic mass is 10.1. The summed E-state index contributed by atoms with van der Waals surface area (Å²) >= 11 is 0. The van der Waals surface area contributed by atoms with Crippen LogP contribution in [0.3, 0.4) is 0 Å². The van der Waals surface area contributed by atoms with Crippen LogP contribution >= 0.6 is 0 Å². The third-order valence-electron chi connectivity index (χ3n) is 4.59. The first-order valence-electron chi connectivity index (χ1n) is 9.00. The normalized spacial score (nSPS) is 15.6. The molecule has 1 amide bonds. The van der Waals surface area contributed by atoms with Gasteiger partial charge in [-0.1, -0.05) is 30.3 Å². The van der Waals surface area contributed by atoms with Crippen LogP contribution in [-0.4, -0.2) is 38.3 Å². The third kappa shape index (κ3) is 5.07. The summed E-state index contributed by atoms with van der Waals surface area (Å²) in [7, 11) is 0. The van der Waals surface area contributed by atoms with Gasteiger partial charge in [0, 0.05) is 30.4 Å². The van der Waals surface area contributed by atoms with Crippen molar-refractivity contribution in [2.75, 3.05) is 31.2 Å². The summed E-state index contributed by atoms with van der Waals surface area (Å²) in [6, 6.07) is 18.4. The molecule has 132 valence electrons. The van der Waals surface area contributed by atoms with Crippen molar-refractivity contribution in [3.05, 3.63) is 65.7 Å². The van der Waals surface area contributed by atoms with E-state index < -0.39 is 0 Å². The van der Waals surface area contributed by atoms with E-state index in [0.717, 1.165) is 44.8 Å². The van der Waals surface area contributed by atoms with E-state index in [1.54, 1.807) is 0 Å². The largest absolute Gasteiger partial charge is 0.378 e. The fraction of sp³-hybridized carbons (Fsp3) is 0.381. The van der Waals surface area contributed by atoms with E-state index in [1.165, 1.54) is 5.56 Å². The second-order valence-electron chi connectivity index (χ2n) is 6.55. The van der Waals surface area contributed by atoms with Gasteiger partial charge in [-0.05, 0) is 49.6 Å². The molecule has 1 aliphatic heterocycles. The Bertz CT molecular complexity index is 664. The fourth-order valence-electron chi connectivity index (χ4n) is 3.05. The molecule has 4 heteroatoms. The number of ether oxygens (including phenoxy) is 1. The number of hydrogen-bond acceptors (Lipinski definition) is 3. The number of benzene rings is 2. The average molecular weight is 338 g/mol. The summed E-state index contributed by atoms with van der Waals surface area (Å²) in [6.07, 6.45) is 1.90. The van der Waals surface area contributed by atoms with E-state index in [4.69, 9.17) is 4.74 Å². The zero-order chi connectivity index (χ0) is 17.5. The zero-order valence-corrected chi connectivity index (χ0v) is 14.8. The quantitative estimate of drug-likeness (QED) is 0.879. The number of nitrogens with one attached hydrogen (secondary N) is 1. The van der Waals surface area contributed by atoms with Crippen LogP contribution in [0.25, 0.3) is 0 Å². The van der Waals surface area contributed by atoms with Crippen LogP contribution in [0.15, 0.2) is 54.6 Å². The van der Waals surface area contributed by atoms with Crippen molar-refractivity contribution in [2.45, 2.75) is 25.8 Å².